The van der Waals surface area contributed by atoms with Crippen LogP contribution in [0.4, 0.5) is 0 Å². The van der Waals surface area contributed by atoms with Gasteiger partial charge in [0.05, 0.1) is 6.04 Å². The molecule has 22 heavy (non-hydrogen) atoms. The molecule has 0 saturated carbocycles. The van der Waals surface area contributed by atoms with Gasteiger partial charge < -0.3 is 9.69 Å². The van der Waals surface area contributed by atoms with Crippen molar-refractivity contribution in [3.8, 4) is 0 Å². The van der Waals surface area contributed by atoms with Crippen LogP contribution in [0.15, 0.2) is 28.7 Å². The van der Waals surface area contributed by atoms with E-state index in [0.29, 0.717) is 6.42 Å². The van der Waals surface area contributed by atoms with Crippen molar-refractivity contribution in [1.29, 1.82) is 0 Å². The van der Waals surface area contributed by atoms with Gasteiger partial charge in [-0.05, 0) is 45.3 Å². The summed E-state index contributed by atoms with van der Waals surface area (Å²) < 4.78 is 1.06. The van der Waals surface area contributed by atoms with E-state index in [1.54, 1.807) is 0 Å². The Balaban J connectivity index is 2.19. The molecule has 1 aromatic rings. The highest BCUT2D eigenvalue weighted by Gasteiger charge is 2.42. The van der Waals surface area contributed by atoms with Crippen LogP contribution in [0.1, 0.15) is 24.6 Å². The number of hydrogen-bond donors (Lipinski definition) is 0. The molecule has 2 rings (SSSR count). The number of halogens is 1. The van der Waals surface area contributed by atoms with E-state index in [4.69, 9.17) is 4.84 Å². The molecule has 5 nitrogen and oxygen atoms in total. The van der Waals surface area contributed by atoms with Gasteiger partial charge in [0.2, 0.25) is 0 Å². The standard InChI is InChI=1S/C16H24BrN3O2/c1-18(2)14(6-5-11-21)16-19(3)15(20(4)22-16)12-7-9-13(17)10-8-12/h7-11,14-16H,5-6H2,1-4H3. The normalized spacial score (nSPS) is 24.8. The second-order valence-electron chi connectivity index (χ2n) is 5.91. The van der Waals surface area contributed by atoms with Crippen LogP contribution in [-0.2, 0) is 9.63 Å². The summed E-state index contributed by atoms with van der Waals surface area (Å²) in [7, 11) is 8.08. The van der Waals surface area contributed by atoms with Gasteiger partial charge in [0.1, 0.15) is 18.7 Å². The molecule has 3 unspecified atom stereocenters. The van der Waals surface area contributed by atoms with Crippen LogP contribution in [0.25, 0.3) is 0 Å². The van der Waals surface area contributed by atoms with Crippen molar-refractivity contribution in [1.82, 2.24) is 14.9 Å². The maximum absolute atomic E-state index is 10.7. The average molecular weight is 370 g/mol. The maximum atomic E-state index is 10.7. The minimum Gasteiger partial charge on any atom is -0.303 e. The van der Waals surface area contributed by atoms with Gasteiger partial charge in [-0.2, -0.15) is 5.06 Å². The molecule has 0 N–H and O–H groups in total. The molecule has 0 aromatic heterocycles. The van der Waals surface area contributed by atoms with Crippen LogP contribution < -0.4 is 0 Å². The lowest BCUT2D eigenvalue weighted by molar-refractivity contribution is -0.164. The number of likely N-dealkylation sites (N-methyl/N-ethyl adjacent to an activating group) is 2. The Morgan fingerprint density at radius 1 is 1.32 bits per heavy atom. The molecule has 1 heterocycles. The fourth-order valence-electron chi connectivity index (χ4n) is 3.01. The summed E-state index contributed by atoms with van der Waals surface area (Å²) in [6.07, 6.45) is 2.29. The van der Waals surface area contributed by atoms with E-state index in [2.05, 4.69) is 44.9 Å². The molecule has 1 fully saturated rings. The average Bonchev–Trinajstić information content (AvgIpc) is 2.76. The molecule has 3 atom stereocenters. The second-order valence-corrected chi connectivity index (χ2v) is 6.82. The third-order valence-electron chi connectivity index (χ3n) is 4.15. The van der Waals surface area contributed by atoms with Crippen LogP contribution in [0.5, 0.6) is 0 Å². The summed E-state index contributed by atoms with van der Waals surface area (Å²) in [6.45, 7) is 0. The van der Waals surface area contributed by atoms with E-state index in [9.17, 15) is 4.79 Å². The number of rotatable bonds is 6. The molecule has 0 amide bonds. The number of aldehydes is 1. The van der Waals surface area contributed by atoms with E-state index in [1.165, 1.54) is 5.56 Å². The van der Waals surface area contributed by atoms with Crippen molar-refractivity contribution in [3.63, 3.8) is 0 Å². The Labute approximate surface area is 140 Å². The van der Waals surface area contributed by atoms with E-state index in [0.717, 1.165) is 17.2 Å². The Morgan fingerprint density at radius 2 is 1.95 bits per heavy atom. The Morgan fingerprint density at radius 3 is 2.50 bits per heavy atom. The first-order valence-corrected chi connectivity index (χ1v) is 8.22. The third-order valence-corrected chi connectivity index (χ3v) is 4.68. The third kappa shape index (κ3) is 3.75. The van der Waals surface area contributed by atoms with Crippen molar-refractivity contribution < 1.29 is 9.63 Å². The predicted molar refractivity (Wildman–Crippen MR) is 90.1 cm³/mol. The Bertz CT molecular complexity index is 495. The summed E-state index contributed by atoms with van der Waals surface area (Å²) in [5, 5.41) is 1.89. The minimum atomic E-state index is -0.0754. The largest absolute Gasteiger partial charge is 0.303 e. The van der Waals surface area contributed by atoms with Gasteiger partial charge in [-0.1, -0.05) is 28.1 Å². The van der Waals surface area contributed by atoms with Gasteiger partial charge in [0, 0.05) is 17.9 Å². The van der Waals surface area contributed by atoms with Crippen LogP contribution in [0.3, 0.4) is 0 Å². The molecule has 122 valence electrons. The first-order valence-electron chi connectivity index (χ1n) is 7.42. The number of carbonyl (C=O) groups is 1. The van der Waals surface area contributed by atoms with E-state index < -0.39 is 0 Å². The molecule has 1 aliphatic rings. The molecular formula is C16H24BrN3O2. The molecule has 1 aromatic carbocycles. The first-order chi connectivity index (χ1) is 10.5. The number of carbonyl (C=O) groups excluding carboxylic acids is 1. The van der Waals surface area contributed by atoms with Gasteiger partial charge >= 0.3 is 0 Å². The van der Waals surface area contributed by atoms with Gasteiger partial charge in [-0.15, -0.1) is 0 Å². The van der Waals surface area contributed by atoms with Crippen molar-refractivity contribution >= 4 is 22.2 Å². The molecule has 1 aliphatic heterocycles. The number of hydrogen-bond acceptors (Lipinski definition) is 5. The molecule has 0 radical (unpaired) electrons. The summed E-state index contributed by atoms with van der Waals surface area (Å²) in [5.74, 6) is 0. The summed E-state index contributed by atoms with van der Waals surface area (Å²) in [6, 6.07) is 8.45. The monoisotopic (exact) mass is 369 g/mol. The van der Waals surface area contributed by atoms with Gasteiger partial charge in [-0.3, -0.25) is 9.74 Å². The molecular weight excluding hydrogens is 346 g/mol. The minimum absolute atomic E-state index is 0.0665. The fourth-order valence-corrected chi connectivity index (χ4v) is 3.28. The number of hydroxylamine groups is 2. The highest BCUT2D eigenvalue weighted by molar-refractivity contribution is 9.10. The maximum Gasteiger partial charge on any atom is 0.149 e. The number of nitrogens with zero attached hydrogens (tertiary/aromatic N) is 3. The second kappa shape index (κ2) is 7.66. The first kappa shape index (κ1) is 17.6. The fraction of sp³-hybridized carbons (Fsp3) is 0.562. The van der Waals surface area contributed by atoms with Gasteiger partial charge in [-0.25, -0.2) is 0 Å². The zero-order valence-electron chi connectivity index (χ0n) is 13.6. The lowest BCUT2D eigenvalue weighted by Gasteiger charge is -2.32. The van der Waals surface area contributed by atoms with Crippen LogP contribution in [0, 0.1) is 0 Å². The number of benzene rings is 1. The van der Waals surface area contributed by atoms with Crippen LogP contribution in [-0.4, -0.2) is 61.6 Å². The predicted octanol–water partition coefficient (Wildman–Crippen LogP) is 2.49. The lowest BCUT2D eigenvalue weighted by atomic mass is 10.1. The molecule has 0 spiro atoms. The molecule has 0 bridgehead atoms. The smallest absolute Gasteiger partial charge is 0.149 e. The summed E-state index contributed by atoms with van der Waals surface area (Å²) in [5.41, 5.74) is 1.18. The van der Waals surface area contributed by atoms with Crippen molar-refractivity contribution in [2.45, 2.75) is 31.3 Å². The van der Waals surface area contributed by atoms with Gasteiger partial charge in [0.25, 0.3) is 0 Å². The highest BCUT2D eigenvalue weighted by atomic mass is 79.9. The highest BCUT2D eigenvalue weighted by Crippen LogP contribution is 2.35. The topological polar surface area (TPSA) is 36.0 Å². The van der Waals surface area contributed by atoms with E-state index in [1.807, 2.05) is 38.3 Å². The van der Waals surface area contributed by atoms with E-state index >= 15 is 0 Å². The Kier molecular flexibility index (Phi) is 6.11. The van der Waals surface area contributed by atoms with E-state index in [-0.39, 0.29) is 18.4 Å². The molecule has 1 saturated heterocycles. The lowest BCUT2D eigenvalue weighted by Crippen LogP contribution is -2.46. The zero-order chi connectivity index (χ0) is 16.3. The van der Waals surface area contributed by atoms with Crippen LogP contribution in [0.2, 0.25) is 0 Å². The summed E-state index contributed by atoms with van der Waals surface area (Å²) in [4.78, 5) is 21.2. The zero-order valence-corrected chi connectivity index (χ0v) is 15.2. The van der Waals surface area contributed by atoms with Crippen molar-refractivity contribution in [3.05, 3.63) is 34.3 Å². The van der Waals surface area contributed by atoms with Gasteiger partial charge in [0.15, 0.2) is 0 Å². The van der Waals surface area contributed by atoms with Crippen molar-refractivity contribution in [2.75, 3.05) is 28.2 Å². The molecule has 0 aliphatic carbocycles. The Hall–Kier alpha value is -0.790. The summed E-state index contributed by atoms with van der Waals surface area (Å²) >= 11 is 3.47. The SMILES string of the molecule is CN(C)C(CCC=O)C1ON(C)C(c2ccc(Br)cc2)N1C. The quantitative estimate of drug-likeness (QED) is 0.720. The van der Waals surface area contributed by atoms with Crippen LogP contribution >= 0.6 is 15.9 Å². The van der Waals surface area contributed by atoms with Crippen molar-refractivity contribution in [2.24, 2.45) is 0 Å². The molecule has 6 heteroatoms.